The molecule has 0 spiro atoms. The van der Waals surface area contributed by atoms with E-state index in [1.807, 2.05) is 0 Å². The van der Waals surface area contributed by atoms with Gasteiger partial charge in [0.25, 0.3) is 0 Å². The molecule has 0 aromatic heterocycles. The van der Waals surface area contributed by atoms with Gasteiger partial charge in [0.15, 0.2) is 0 Å². The van der Waals surface area contributed by atoms with E-state index < -0.39 is 0 Å². The SMILES string of the molecule is C1=CC[Si](c2ccccc2)=C1. The molecule has 54 valence electrons. The van der Waals surface area contributed by atoms with E-state index in [9.17, 15) is 0 Å². The van der Waals surface area contributed by atoms with Gasteiger partial charge in [-0.1, -0.05) is 48.2 Å². The molecule has 0 nitrogen and oxygen atoms in total. The van der Waals surface area contributed by atoms with Crippen LogP contribution in [0, 0.1) is 0 Å². The molecule has 0 fully saturated rings. The fourth-order valence-electron chi connectivity index (χ4n) is 1.31. The second-order valence-electron chi connectivity index (χ2n) is 2.69. The number of hydrogen-bond donors (Lipinski definition) is 0. The minimum absolute atomic E-state index is 0.326. The van der Waals surface area contributed by atoms with Crippen molar-refractivity contribution in [3.63, 3.8) is 0 Å². The Balaban J connectivity index is 2.31. The van der Waals surface area contributed by atoms with Crippen LogP contribution in [0.3, 0.4) is 0 Å². The van der Waals surface area contributed by atoms with E-state index in [4.69, 9.17) is 0 Å². The van der Waals surface area contributed by atoms with Crippen LogP contribution in [0.1, 0.15) is 0 Å². The third-order valence-electron chi connectivity index (χ3n) is 1.92. The van der Waals surface area contributed by atoms with E-state index in [1.54, 1.807) is 0 Å². The van der Waals surface area contributed by atoms with Gasteiger partial charge in [-0.25, -0.2) is 0 Å². The second-order valence-corrected chi connectivity index (χ2v) is 5.06. The first kappa shape index (κ1) is 6.74. The molecule has 0 saturated carbocycles. The lowest BCUT2D eigenvalue weighted by Crippen LogP contribution is -2.20. The Labute approximate surface area is 68.4 Å². The van der Waals surface area contributed by atoms with Crippen molar-refractivity contribution in [1.82, 2.24) is 0 Å². The first-order valence-electron chi connectivity index (χ1n) is 3.88. The number of benzene rings is 1. The highest BCUT2D eigenvalue weighted by molar-refractivity contribution is 6.80. The molecule has 0 amide bonds. The van der Waals surface area contributed by atoms with Gasteiger partial charge in [0.2, 0.25) is 0 Å². The van der Waals surface area contributed by atoms with Gasteiger partial charge in [-0.15, -0.1) is 0 Å². The average Bonchev–Trinajstić information content (AvgIpc) is 2.58. The van der Waals surface area contributed by atoms with Crippen LogP contribution in [0.25, 0.3) is 0 Å². The van der Waals surface area contributed by atoms with Crippen molar-refractivity contribution in [3.05, 3.63) is 42.5 Å². The first-order chi connectivity index (χ1) is 5.47. The maximum absolute atomic E-state index is 2.36. The van der Waals surface area contributed by atoms with Gasteiger partial charge in [-0.2, -0.15) is 0 Å². The Morgan fingerprint density at radius 1 is 1.09 bits per heavy atom. The third kappa shape index (κ3) is 1.38. The van der Waals surface area contributed by atoms with Crippen LogP contribution in [-0.2, 0) is 0 Å². The summed E-state index contributed by atoms with van der Waals surface area (Å²) in [4.78, 5) is 0. The van der Waals surface area contributed by atoms with E-state index in [1.165, 1.54) is 11.2 Å². The first-order valence-corrected chi connectivity index (χ1v) is 5.66. The molecular weight excluding hydrogens is 148 g/mol. The molecule has 0 saturated heterocycles. The van der Waals surface area contributed by atoms with Crippen molar-refractivity contribution in [3.8, 4) is 0 Å². The zero-order valence-electron chi connectivity index (χ0n) is 6.33. The van der Waals surface area contributed by atoms with Gasteiger partial charge >= 0.3 is 0 Å². The number of allylic oxidation sites excluding steroid dienone is 2. The lowest BCUT2D eigenvalue weighted by atomic mass is 10.4. The molecule has 0 aliphatic carbocycles. The van der Waals surface area contributed by atoms with Crippen molar-refractivity contribution >= 4 is 19.3 Å². The quantitative estimate of drug-likeness (QED) is 0.541. The Morgan fingerprint density at radius 2 is 1.91 bits per heavy atom. The van der Waals surface area contributed by atoms with Gasteiger partial charge in [0.1, 0.15) is 0 Å². The molecule has 1 heteroatoms. The topological polar surface area (TPSA) is 0 Å². The second kappa shape index (κ2) is 2.97. The molecule has 1 aromatic carbocycles. The van der Waals surface area contributed by atoms with Gasteiger partial charge in [-0.05, 0) is 11.2 Å². The van der Waals surface area contributed by atoms with E-state index in [0.717, 1.165) is 0 Å². The summed E-state index contributed by atoms with van der Waals surface area (Å²) in [7, 11) is -0.326. The molecular formula is C10H10Si. The summed E-state index contributed by atoms with van der Waals surface area (Å²) >= 11 is 0. The normalized spacial score (nSPS) is 15.1. The third-order valence-corrected chi connectivity index (χ3v) is 4.26. The summed E-state index contributed by atoms with van der Waals surface area (Å²) in [6.07, 6.45) is 4.46. The lowest BCUT2D eigenvalue weighted by Gasteiger charge is -1.97. The fourth-order valence-corrected chi connectivity index (χ4v) is 3.26. The monoisotopic (exact) mass is 158 g/mol. The Morgan fingerprint density at radius 3 is 2.55 bits per heavy atom. The molecule has 0 bridgehead atoms. The predicted octanol–water partition coefficient (Wildman–Crippen LogP) is 1.34. The van der Waals surface area contributed by atoms with Crippen LogP contribution in [0.4, 0.5) is 0 Å². The predicted molar refractivity (Wildman–Crippen MR) is 51.8 cm³/mol. The highest BCUT2D eigenvalue weighted by Gasteiger charge is 2.01. The van der Waals surface area contributed by atoms with Crippen LogP contribution >= 0.6 is 0 Å². The largest absolute Gasteiger partial charge is 0.0841 e. The zero-order chi connectivity index (χ0) is 7.52. The van der Waals surface area contributed by atoms with Crippen molar-refractivity contribution in [2.24, 2.45) is 0 Å². The molecule has 1 aliphatic rings. The molecule has 1 aromatic rings. The van der Waals surface area contributed by atoms with Crippen molar-refractivity contribution in [1.29, 1.82) is 0 Å². The van der Waals surface area contributed by atoms with Crippen LogP contribution < -0.4 is 5.19 Å². The molecule has 0 unspecified atom stereocenters. The smallest absolute Gasteiger partial charge is 0.0497 e. The number of rotatable bonds is 1. The summed E-state index contributed by atoms with van der Waals surface area (Å²) in [5, 5.41) is 1.53. The van der Waals surface area contributed by atoms with E-state index >= 15 is 0 Å². The van der Waals surface area contributed by atoms with Crippen molar-refractivity contribution in [2.75, 3.05) is 0 Å². The fraction of sp³-hybridized carbons (Fsp3) is 0.100. The Bertz CT molecular complexity index is 296. The van der Waals surface area contributed by atoms with Crippen LogP contribution in [0.5, 0.6) is 0 Å². The molecule has 1 heterocycles. The highest BCUT2D eigenvalue weighted by atomic mass is 28.2. The lowest BCUT2D eigenvalue weighted by molar-refractivity contribution is 1.69. The Hall–Kier alpha value is -0.953. The maximum atomic E-state index is 2.36. The van der Waals surface area contributed by atoms with E-state index in [2.05, 4.69) is 48.2 Å². The maximum Gasteiger partial charge on any atom is 0.0497 e. The van der Waals surface area contributed by atoms with E-state index in [0.29, 0.717) is 0 Å². The van der Waals surface area contributed by atoms with Crippen LogP contribution in [-0.4, -0.2) is 14.1 Å². The van der Waals surface area contributed by atoms with Gasteiger partial charge in [0.05, 0.1) is 0 Å². The molecule has 0 atom stereocenters. The molecule has 0 radical (unpaired) electrons. The summed E-state index contributed by atoms with van der Waals surface area (Å²) < 4.78 is 0. The average molecular weight is 158 g/mol. The van der Waals surface area contributed by atoms with Crippen LogP contribution in [0.2, 0.25) is 6.04 Å². The minimum atomic E-state index is -0.326. The van der Waals surface area contributed by atoms with Crippen molar-refractivity contribution < 1.29 is 0 Å². The summed E-state index contributed by atoms with van der Waals surface area (Å²) in [5.41, 5.74) is 2.36. The van der Waals surface area contributed by atoms with Crippen molar-refractivity contribution in [2.45, 2.75) is 6.04 Å². The number of hydrogen-bond acceptors (Lipinski definition) is 0. The molecule has 2 rings (SSSR count). The highest BCUT2D eigenvalue weighted by Crippen LogP contribution is 1.95. The zero-order valence-corrected chi connectivity index (χ0v) is 7.33. The summed E-state index contributed by atoms with van der Waals surface area (Å²) in [6.45, 7) is 0. The molecule has 0 N–H and O–H groups in total. The summed E-state index contributed by atoms with van der Waals surface area (Å²) in [5.74, 6) is 0. The van der Waals surface area contributed by atoms with Gasteiger partial charge in [0, 0.05) is 8.41 Å². The molecule has 11 heavy (non-hydrogen) atoms. The van der Waals surface area contributed by atoms with Gasteiger partial charge in [-0.3, -0.25) is 0 Å². The molecule has 1 aliphatic heterocycles. The standard InChI is InChI=1S/C10H10Si/c1-2-6-10(7-3-1)11-8-4-5-9-11/h1-8H,9H2. The minimum Gasteiger partial charge on any atom is -0.0841 e. The van der Waals surface area contributed by atoms with Crippen LogP contribution in [0.15, 0.2) is 42.5 Å². The van der Waals surface area contributed by atoms with E-state index in [-0.39, 0.29) is 8.41 Å². The summed E-state index contributed by atoms with van der Waals surface area (Å²) in [6, 6.07) is 12.1. The Kier molecular flexibility index (Phi) is 1.82. The van der Waals surface area contributed by atoms with Gasteiger partial charge < -0.3 is 0 Å².